The molecule has 1 N–H and O–H groups in total. The standard InChI is InChI=1S/C21H19F2N3O3/c1-14(29-18-8-6-17(23)7-9-18)21(28)24-10-11-26-13-25-19(12-20(26)27)15-2-4-16(22)5-3-15/h2-9,12-14H,10-11H2,1H3,(H,24,28). The third-order valence-corrected chi connectivity index (χ3v) is 4.17. The molecule has 3 aromatic rings. The van der Waals surface area contributed by atoms with Crippen molar-refractivity contribution < 1.29 is 18.3 Å². The average molecular weight is 399 g/mol. The molecule has 6 nitrogen and oxygen atoms in total. The van der Waals surface area contributed by atoms with E-state index in [1.54, 1.807) is 19.1 Å². The molecule has 29 heavy (non-hydrogen) atoms. The second kappa shape index (κ2) is 9.09. The molecule has 0 aliphatic carbocycles. The van der Waals surface area contributed by atoms with Crippen molar-refractivity contribution in [3.8, 4) is 17.0 Å². The van der Waals surface area contributed by atoms with Crippen LogP contribution in [0.25, 0.3) is 11.3 Å². The Hall–Kier alpha value is -3.55. The van der Waals surface area contributed by atoms with Gasteiger partial charge in [0.1, 0.15) is 17.4 Å². The maximum atomic E-state index is 13.0. The Kier molecular flexibility index (Phi) is 6.33. The smallest absolute Gasteiger partial charge is 0.260 e. The van der Waals surface area contributed by atoms with Gasteiger partial charge in [-0.15, -0.1) is 0 Å². The molecular weight excluding hydrogens is 380 g/mol. The number of carbonyl (C=O) groups excluding carboxylic acids is 1. The van der Waals surface area contributed by atoms with Crippen molar-refractivity contribution in [1.82, 2.24) is 14.9 Å². The molecule has 0 aliphatic rings. The molecule has 2 aromatic carbocycles. The van der Waals surface area contributed by atoms with Gasteiger partial charge in [0.05, 0.1) is 12.0 Å². The lowest BCUT2D eigenvalue weighted by atomic mass is 10.1. The SMILES string of the molecule is CC(Oc1ccc(F)cc1)C(=O)NCCn1cnc(-c2ccc(F)cc2)cc1=O. The van der Waals surface area contributed by atoms with E-state index in [0.717, 1.165) is 0 Å². The Morgan fingerprint density at radius 2 is 1.72 bits per heavy atom. The summed E-state index contributed by atoms with van der Waals surface area (Å²) in [4.78, 5) is 28.6. The van der Waals surface area contributed by atoms with Gasteiger partial charge in [0, 0.05) is 24.7 Å². The maximum absolute atomic E-state index is 13.0. The van der Waals surface area contributed by atoms with Crippen LogP contribution in [0.3, 0.4) is 0 Å². The lowest BCUT2D eigenvalue weighted by molar-refractivity contribution is -0.127. The first-order valence-corrected chi connectivity index (χ1v) is 8.95. The summed E-state index contributed by atoms with van der Waals surface area (Å²) >= 11 is 0. The third kappa shape index (κ3) is 5.47. The summed E-state index contributed by atoms with van der Waals surface area (Å²) in [7, 11) is 0. The summed E-state index contributed by atoms with van der Waals surface area (Å²) in [6.45, 7) is 2.00. The fourth-order valence-corrected chi connectivity index (χ4v) is 2.59. The number of carbonyl (C=O) groups is 1. The van der Waals surface area contributed by atoms with E-state index in [4.69, 9.17) is 4.74 Å². The summed E-state index contributed by atoms with van der Waals surface area (Å²) in [6, 6.07) is 12.4. The molecule has 3 rings (SSSR count). The molecule has 0 radical (unpaired) electrons. The first-order chi connectivity index (χ1) is 13.9. The van der Waals surface area contributed by atoms with Crippen LogP contribution < -0.4 is 15.6 Å². The van der Waals surface area contributed by atoms with Crippen molar-refractivity contribution >= 4 is 5.91 Å². The molecule has 150 valence electrons. The fourth-order valence-electron chi connectivity index (χ4n) is 2.59. The maximum Gasteiger partial charge on any atom is 0.260 e. The fraction of sp³-hybridized carbons (Fsp3) is 0.190. The number of rotatable bonds is 7. The van der Waals surface area contributed by atoms with Gasteiger partial charge in [-0.05, 0) is 55.5 Å². The summed E-state index contributed by atoms with van der Waals surface area (Å²) in [5.74, 6) is -0.737. The van der Waals surface area contributed by atoms with Crippen LogP contribution in [0.15, 0.2) is 65.7 Å². The van der Waals surface area contributed by atoms with Gasteiger partial charge in [0.25, 0.3) is 11.5 Å². The van der Waals surface area contributed by atoms with E-state index in [0.29, 0.717) is 17.0 Å². The minimum atomic E-state index is -0.781. The van der Waals surface area contributed by atoms with E-state index >= 15 is 0 Å². The van der Waals surface area contributed by atoms with Gasteiger partial charge < -0.3 is 10.1 Å². The Bertz CT molecular complexity index is 1030. The summed E-state index contributed by atoms with van der Waals surface area (Å²) in [6.07, 6.45) is 0.599. The van der Waals surface area contributed by atoms with Crippen LogP contribution in [0.2, 0.25) is 0 Å². The number of aromatic nitrogens is 2. The Morgan fingerprint density at radius 3 is 2.34 bits per heavy atom. The lowest BCUT2D eigenvalue weighted by Gasteiger charge is -2.15. The Morgan fingerprint density at radius 1 is 1.10 bits per heavy atom. The molecule has 0 aliphatic heterocycles. The van der Waals surface area contributed by atoms with Crippen LogP contribution in [0.5, 0.6) is 5.75 Å². The van der Waals surface area contributed by atoms with Crippen LogP contribution in [-0.4, -0.2) is 28.1 Å². The second-order valence-corrected chi connectivity index (χ2v) is 6.32. The quantitative estimate of drug-likeness (QED) is 0.663. The monoisotopic (exact) mass is 399 g/mol. The van der Waals surface area contributed by atoms with Crippen LogP contribution in [0.4, 0.5) is 8.78 Å². The van der Waals surface area contributed by atoms with E-state index in [2.05, 4.69) is 10.3 Å². The zero-order chi connectivity index (χ0) is 20.8. The van der Waals surface area contributed by atoms with Gasteiger partial charge in [0.15, 0.2) is 6.10 Å². The van der Waals surface area contributed by atoms with Gasteiger partial charge >= 0.3 is 0 Å². The number of amides is 1. The predicted molar refractivity (Wildman–Crippen MR) is 103 cm³/mol. The van der Waals surface area contributed by atoms with E-state index in [-0.39, 0.29) is 36.2 Å². The van der Waals surface area contributed by atoms with Gasteiger partial charge in [-0.25, -0.2) is 13.8 Å². The van der Waals surface area contributed by atoms with Gasteiger partial charge in [-0.3, -0.25) is 14.2 Å². The van der Waals surface area contributed by atoms with E-state index in [9.17, 15) is 18.4 Å². The summed E-state index contributed by atoms with van der Waals surface area (Å²) < 4.78 is 32.7. The zero-order valence-electron chi connectivity index (χ0n) is 15.6. The normalized spacial score (nSPS) is 11.7. The number of benzene rings is 2. The van der Waals surface area contributed by atoms with Gasteiger partial charge in [-0.2, -0.15) is 0 Å². The molecule has 0 fully saturated rings. The summed E-state index contributed by atoms with van der Waals surface area (Å²) in [5, 5.41) is 2.68. The Balaban J connectivity index is 1.53. The molecule has 1 amide bonds. The lowest BCUT2D eigenvalue weighted by Crippen LogP contribution is -2.38. The summed E-state index contributed by atoms with van der Waals surface area (Å²) in [5.41, 5.74) is 0.788. The molecule has 1 heterocycles. The van der Waals surface area contributed by atoms with Crippen molar-refractivity contribution in [3.63, 3.8) is 0 Å². The number of nitrogens with zero attached hydrogens (tertiary/aromatic N) is 2. The molecule has 0 saturated carbocycles. The number of ether oxygens (including phenoxy) is 1. The van der Waals surface area contributed by atoms with Crippen LogP contribution >= 0.6 is 0 Å². The van der Waals surface area contributed by atoms with E-state index in [1.807, 2.05) is 0 Å². The highest BCUT2D eigenvalue weighted by Gasteiger charge is 2.14. The first-order valence-electron chi connectivity index (χ1n) is 8.95. The highest BCUT2D eigenvalue weighted by Crippen LogP contribution is 2.15. The molecule has 1 unspecified atom stereocenters. The molecule has 0 saturated heterocycles. The number of hydrogen-bond donors (Lipinski definition) is 1. The van der Waals surface area contributed by atoms with Crippen molar-refractivity contribution in [2.45, 2.75) is 19.6 Å². The molecular formula is C21H19F2N3O3. The van der Waals surface area contributed by atoms with Crippen LogP contribution in [0, 0.1) is 11.6 Å². The molecule has 0 bridgehead atoms. The van der Waals surface area contributed by atoms with Crippen molar-refractivity contribution in [1.29, 1.82) is 0 Å². The molecule has 1 aromatic heterocycles. The highest BCUT2D eigenvalue weighted by molar-refractivity contribution is 5.80. The Labute approximate surface area is 165 Å². The third-order valence-electron chi connectivity index (χ3n) is 4.17. The van der Waals surface area contributed by atoms with Gasteiger partial charge in [-0.1, -0.05) is 0 Å². The number of halogens is 2. The van der Waals surface area contributed by atoms with Crippen LogP contribution in [0.1, 0.15) is 6.92 Å². The number of hydrogen-bond acceptors (Lipinski definition) is 4. The number of nitrogens with one attached hydrogen (secondary N) is 1. The van der Waals surface area contributed by atoms with Crippen molar-refractivity contribution in [2.24, 2.45) is 0 Å². The highest BCUT2D eigenvalue weighted by atomic mass is 19.1. The van der Waals surface area contributed by atoms with Gasteiger partial charge in [0.2, 0.25) is 0 Å². The van der Waals surface area contributed by atoms with E-state index in [1.165, 1.54) is 53.4 Å². The predicted octanol–water partition coefficient (Wildman–Crippen LogP) is 2.77. The average Bonchev–Trinajstić information content (AvgIpc) is 2.71. The van der Waals surface area contributed by atoms with Crippen molar-refractivity contribution in [2.75, 3.05) is 6.54 Å². The van der Waals surface area contributed by atoms with Crippen LogP contribution in [-0.2, 0) is 11.3 Å². The molecule has 8 heteroatoms. The minimum Gasteiger partial charge on any atom is -0.481 e. The second-order valence-electron chi connectivity index (χ2n) is 6.32. The largest absolute Gasteiger partial charge is 0.481 e. The zero-order valence-corrected chi connectivity index (χ0v) is 15.6. The topological polar surface area (TPSA) is 73.2 Å². The minimum absolute atomic E-state index is 0.202. The first kappa shape index (κ1) is 20.2. The van der Waals surface area contributed by atoms with Crippen molar-refractivity contribution in [3.05, 3.63) is 82.9 Å². The molecule has 1 atom stereocenters. The van der Waals surface area contributed by atoms with E-state index < -0.39 is 6.10 Å². The molecule has 0 spiro atoms.